The van der Waals surface area contributed by atoms with E-state index in [9.17, 15) is 13.2 Å². The van der Waals surface area contributed by atoms with E-state index in [0.717, 1.165) is 11.3 Å². The van der Waals surface area contributed by atoms with Crippen molar-refractivity contribution in [3.8, 4) is 6.07 Å². The van der Waals surface area contributed by atoms with E-state index in [1.165, 1.54) is 6.21 Å². The zero-order valence-corrected chi connectivity index (χ0v) is 12.6. The van der Waals surface area contributed by atoms with Gasteiger partial charge in [-0.05, 0) is 19.4 Å². The average molecular weight is 308 g/mol. The number of sulfone groups is 1. The number of aromatic nitrogens is 1. The normalized spacial score (nSPS) is 20.5. The fourth-order valence-corrected chi connectivity index (χ4v) is 3.96. The summed E-state index contributed by atoms with van der Waals surface area (Å²) in [5.41, 5.74) is 4.45. The van der Waals surface area contributed by atoms with E-state index in [4.69, 9.17) is 5.26 Å². The molecule has 112 valence electrons. The maximum Gasteiger partial charge on any atom is 0.244 e. The predicted molar refractivity (Wildman–Crippen MR) is 77.4 cm³/mol. The highest BCUT2D eigenvalue weighted by Gasteiger charge is 2.32. The SMILES string of the molecule is Cc1c(/C=N\NC(=O)[C@H]2CCS(=O)(=O)C2)cc(C#N)n1C. The van der Waals surface area contributed by atoms with Gasteiger partial charge in [-0.3, -0.25) is 4.79 Å². The summed E-state index contributed by atoms with van der Waals surface area (Å²) in [6, 6.07) is 3.73. The molecule has 0 aromatic carbocycles. The number of hydrogen-bond acceptors (Lipinski definition) is 5. The molecule has 1 aromatic heterocycles. The Balaban J connectivity index is 2.00. The van der Waals surface area contributed by atoms with Crippen LogP contribution in [0.1, 0.15) is 23.4 Å². The van der Waals surface area contributed by atoms with Crippen LogP contribution in [0.2, 0.25) is 0 Å². The molecule has 0 aliphatic carbocycles. The fraction of sp³-hybridized carbons (Fsp3) is 0.462. The second kappa shape index (κ2) is 5.69. The zero-order valence-electron chi connectivity index (χ0n) is 11.8. The Morgan fingerprint density at radius 1 is 1.62 bits per heavy atom. The molecule has 1 fully saturated rings. The van der Waals surface area contributed by atoms with Crippen molar-refractivity contribution in [2.24, 2.45) is 18.1 Å². The standard InChI is InChI=1S/C13H16N4O3S/c1-9-11(5-12(6-14)17(9)2)7-15-16-13(18)10-3-4-21(19,20)8-10/h5,7,10H,3-4,8H2,1-2H3,(H,16,18)/b15-7-/t10-/m0/s1. The molecule has 7 nitrogen and oxygen atoms in total. The van der Waals surface area contributed by atoms with Crippen LogP contribution in [-0.4, -0.2) is 36.6 Å². The van der Waals surface area contributed by atoms with Crippen molar-refractivity contribution in [3.05, 3.63) is 23.0 Å². The van der Waals surface area contributed by atoms with Crippen molar-refractivity contribution in [2.45, 2.75) is 13.3 Å². The number of hydrazone groups is 1. The summed E-state index contributed by atoms with van der Waals surface area (Å²) in [5, 5.41) is 12.8. The number of carbonyl (C=O) groups excluding carboxylic acids is 1. The number of nitrogens with zero attached hydrogens (tertiary/aromatic N) is 3. The molecule has 1 aromatic rings. The topological polar surface area (TPSA) is 104 Å². The van der Waals surface area contributed by atoms with Crippen LogP contribution < -0.4 is 5.43 Å². The maximum absolute atomic E-state index is 11.8. The molecule has 0 saturated carbocycles. The number of carbonyl (C=O) groups is 1. The first-order chi connectivity index (χ1) is 9.84. The van der Waals surface area contributed by atoms with Crippen LogP contribution in [0.25, 0.3) is 0 Å². The lowest BCUT2D eigenvalue weighted by atomic mass is 10.1. The largest absolute Gasteiger partial charge is 0.339 e. The summed E-state index contributed by atoms with van der Waals surface area (Å²) in [7, 11) is -1.31. The molecular weight excluding hydrogens is 292 g/mol. The molecule has 0 radical (unpaired) electrons. The first-order valence-corrected chi connectivity index (χ1v) is 8.26. The molecule has 1 saturated heterocycles. The van der Waals surface area contributed by atoms with Gasteiger partial charge in [-0.2, -0.15) is 10.4 Å². The van der Waals surface area contributed by atoms with Gasteiger partial charge in [0.15, 0.2) is 9.84 Å². The summed E-state index contributed by atoms with van der Waals surface area (Å²) >= 11 is 0. The summed E-state index contributed by atoms with van der Waals surface area (Å²) in [4.78, 5) is 11.8. The van der Waals surface area contributed by atoms with E-state index < -0.39 is 15.8 Å². The van der Waals surface area contributed by atoms with Crippen LogP contribution in [-0.2, 0) is 21.7 Å². The molecule has 1 N–H and O–H groups in total. The third-order valence-corrected chi connectivity index (χ3v) is 5.44. The minimum atomic E-state index is -3.08. The van der Waals surface area contributed by atoms with Gasteiger partial charge < -0.3 is 4.57 Å². The molecule has 21 heavy (non-hydrogen) atoms. The molecule has 8 heteroatoms. The van der Waals surface area contributed by atoms with Crippen LogP contribution in [0.15, 0.2) is 11.2 Å². The number of nitrogens with one attached hydrogen (secondary N) is 1. The minimum absolute atomic E-state index is 0.0537. The Bertz CT molecular complexity index is 740. The summed E-state index contributed by atoms with van der Waals surface area (Å²) in [6.45, 7) is 1.84. The van der Waals surface area contributed by atoms with E-state index in [0.29, 0.717) is 12.1 Å². The summed E-state index contributed by atoms with van der Waals surface area (Å²) < 4.78 is 24.3. The highest BCUT2D eigenvalue weighted by molar-refractivity contribution is 7.91. The number of amides is 1. The molecule has 1 atom stereocenters. The number of rotatable bonds is 3. The monoisotopic (exact) mass is 308 g/mol. The third-order valence-electron chi connectivity index (χ3n) is 3.67. The molecule has 2 rings (SSSR count). The van der Waals surface area contributed by atoms with E-state index in [1.807, 2.05) is 6.92 Å². The van der Waals surface area contributed by atoms with Crippen LogP contribution in [0, 0.1) is 24.2 Å². The van der Waals surface area contributed by atoms with E-state index in [-0.39, 0.29) is 17.4 Å². The van der Waals surface area contributed by atoms with Gasteiger partial charge in [0.05, 0.1) is 23.6 Å². The molecule has 1 amide bonds. The Morgan fingerprint density at radius 3 is 2.86 bits per heavy atom. The third kappa shape index (κ3) is 3.31. The molecule has 0 unspecified atom stereocenters. The van der Waals surface area contributed by atoms with Crippen molar-refractivity contribution in [2.75, 3.05) is 11.5 Å². The van der Waals surface area contributed by atoms with Crippen LogP contribution in [0.3, 0.4) is 0 Å². The quantitative estimate of drug-likeness (QED) is 0.631. The second-order valence-electron chi connectivity index (χ2n) is 5.08. The Hall–Kier alpha value is -2.14. The lowest BCUT2D eigenvalue weighted by molar-refractivity contribution is -0.124. The molecule has 0 spiro atoms. The smallest absolute Gasteiger partial charge is 0.244 e. The summed E-state index contributed by atoms with van der Waals surface area (Å²) in [5.74, 6) is -0.977. The van der Waals surface area contributed by atoms with Crippen LogP contribution in [0.5, 0.6) is 0 Å². The molecule has 0 bridgehead atoms. The highest BCUT2D eigenvalue weighted by atomic mass is 32.2. The van der Waals surface area contributed by atoms with Gasteiger partial charge in [0.25, 0.3) is 0 Å². The van der Waals surface area contributed by atoms with Crippen molar-refractivity contribution < 1.29 is 13.2 Å². The lowest BCUT2D eigenvalue weighted by Gasteiger charge is -2.04. The number of nitriles is 1. The van der Waals surface area contributed by atoms with Gasteiger partial charge in [-0.1, -0.05) is 0 Å². The van der Waals surface area contributed by atoms with E-state index >= 15 is 0 Å². The zero-order chi connectivity index (χ0) is 15.6. The van der Waals surface area contributed by atoms with Gasteiger partial charge in [0, 0.05) is 18.3 Å². The number of hydrogen-bond donors (Lipinski definition) is 1. The average Bonchev–Trinajstić information content (AvgIpc) is 2.92. The van der Waals surface area contributed by atoms with Gasteiger partial charge in [0.2, 0.25) is 5.91 Å². The van der Waals surface area contributed by atoms with Crippen molar-refractivity contribution in [1.82, 2.24) is 9.99 Å². The lowest BCUT2D eigenvalue weighted by Crippen LogP contribution is -2.27. The van der Waals surface area contributed by atoms with Gasteiger partial charge >= 0.3 is 0 Å². The predicted octanol–water partition coefficient (Wildman–Crippen LogP) is 0.0900. The Kier molecular flexibility index (Phi) is 4.14. The highest BCUT2D eigenvalue weighted by Crippen LogP contribution is 2.18. The van der Waals surface area contributed by atoms with Gasteiger partial charge in [0.1, 0.15) is 11.8 Å². The van der Waals surface area contributed by atoms with Gasteiger partial charge in [-0.15, -0.1) is 0 Å². The first-order valence-electron chi connectivity index (χ1n) is 6.44. The first kappa shape index (κ1) is 15.3. The summed E-state index contributed by atoms with van der Waals surface area (Å²) in [6.07, 6.45) is 1.80. The molecule has 2 heterocycles. The Morgan fingerprint density at radius 2 is 2.33 bits per heavy atom. The van der Waals surface area contributed by atoms with Crippen molar-refractivity contribution in [1.29, 1.82) is 5.26 Å². The molecule has 1 aliphatic rings. The molecule has 1 aliphatic heterocycles. The minimum Gasteiger partial charge on any atom is -0.339 e. The second-order valence-corrected chi connectivity index (χ2v) is 7.30. The van der Waals surface area contributed by atoms with Crippen molar-refractivity contribution >= 4 is 22.0 Å². The van der Waals surface area contributed by atoms with E-state index in [1.54, 1.807) is 17.7 Å². The van der Waals surface area contributed by atoms with E-state index in [2.05, 4.69) is 16.6 Å². The van der Waals surface area contributed by atoms with Crippen LogP contribution in [0.4, 0.5) is 0 Å². The molecular formula is C13H16N4O3S. The Labute approximate surface area is 123 Å². The fourth-order valence-electron chi connectivity index (χ4n) is 2.22. The van der Waals surface area contributed by atoms with Crippen molar-refractivity contribution in [3.63, 3.8) is 0 Å². The van der Waals surface area contributed by atoms with Crippen LogP contribution >= 0.6 is 0 Å². The van der Waals surface area contributed by atoms with Gasteiger partial charge in [-0.25, -0.2) is 13.8 Å². The maximum atomic E-state index is 11.8.